The third kappa shape index (κ3) is 4.46. The molecule has 1 unspecified atom stereocenters. The third-order valence-electron chi connectivity index (χ3n) is 2.92. The Morgan fingerprint density at radius 3 is 2.37 bits per heavy atom. The van der Waals surface area contributed by atoms with Gasteiger partial charge in [0.2, 0.25) is 0 Å². The summed E-state index contributed by atoms with van der Waals surface area (Å²) >= 11 is 0. The maximum atomic E-state index is 9.35. The fourth-order valence-corrected chi connectivity index (χ4v) is 2.15. The van der Waals surface area contributed by atoms with Gasteiger partial charge in [0.15, 0.2) is 0 Å². The highest BCUT2D eigenvalue weighted by Gasteiger charge is 2.26. The molecule has 0 aromatic heterocycles. The summed E-state index contributed by atoms with van der Waals surface area (Å²) in [5.41, 5.74) is 0.496. The zero-order valence-corrected chi connectivity index (χ0v) is 12.4. The molecule has 0 saturated heterocycles. The number of nitrogens with zero attached hydrogens (tertiary/aromatic N) is 2. The van der Waals surface area contributed by atoms with Crippen LogP contribution in [0, 0.1) is 11.3 Å². The van der Waals surface area contributed by atoms with Gasteiger partial charge in [0, 0.05) is 25.3 Å². The van der Waals surface area contributed by atoms with Gasteiger partial charge in [-0.15, -0.1) is 0 Å². The van der Waals surface area contributed by atoms with Crippen LogP contribution >= 0.6 is 0 Å². The van der Waals surface area contributed by atoms with Crippen molar-refractivity contribution in [3.63, 3.8) is 0 Å². The number of hydrogen-bond donors (Lipinski definition) is 1. The largest absolute Gasteiger partial charge is 0.497 e. The zero-order chi connectivity index (χ0) is 14.5. The molecule has 0 radical (unpaired) electrons. The highest BCUT2D eigenvalue weighted by atomic mass is 16.5. The average molecular weight is 261 g/mol. The molecule has 1 rings (SSSR count). The second kappa shape index (κ2) is 6.44. The van der Waals surface area contributed by atoms with Gasteiger partial charge in [0.05, 0.1) is 13.2 Å². The molecule has 0 aliphatic heterocycles. The number of hydrogen-bond acceptors (Lipinski definition) is 4. The van der Waals surface area contributed by atoms with Crippen molar-refractivity contribution >= 4 is 5.69 Å². The second-order valence-electron chi connectivity index (χ2n) is 5.30. The molecular weight excluding hydrogens is 238 g/mol. The van der Waals surface area contributed by atoms with Crippen LogP contribution in [0.3, 0.4) is 0 Å². The first-order valence-corrected chi connectivity index (χ1v) is 6.44. The Morgan fingerprint density at radius 2 is 1.95 bits per heavy atom. The SMILES string of the molecule is COc1ccc(N(C)CC(C)(C#N)NC(C)C)cc1. The van der Waals surface area contributed by atoms with E-state index < -0.39 is 5.54 Å². The molecule has 1 aromatic carbocycles. The molecule has 19 heavy (non-hydrogen) atoms. The number of methoxy groups -OCH3 is 1. The van der Waals surface area contributed by atoms with Gasteiger partial charge in [-0.1, -0.05) is 0 Å². The Kier molecular flexibility index (Phi) is 5.20. The summed E-state index contributed by atoms with van der Waals surface area (Å²) in [6, 6.07) is 10.5. The smallest absolute Gasteiger partial charge is 0.121 e. The zero-order valence-electron chi connectivity index (χ0n) is 12.4. The lowest BCUT2D eigenvalue weighted by Crippen LogP contribution is -2.52. The van der Waals surface area contributed by atoms with Crippen molar-refractivity contribution in [2.45, 2.75) is 32.4 Å². The fraction of sp³-hybridized carbons (Fsp3) is 0.533. The van der Waals surface area contributed by atoms with Crippen LogP contribution in [0.5, 0.6) is 5.75 Å². The van der Waals surface area contributed by atoms with Gasteiger partial charge in [-0.25, -0.2) is 0 Å². The summed E-state index contributed by atoms with van der Waals surface area (Å²) in [5.74, 6) is 0.834. The van der Waals surface area contributed by atoms with Gasteiger partial charge in [-0.05, 0) is 45.0 Å². The van der Waals surface area contributed by atoms with E-state index in [1.54, 1.807) is 7.11 Å². The lowest BCUT2D eigenvalue weighted by molar-refractivity contribution is 0.408. The standard InChI is InChI=1S/C15H23N3O/c1-12(2)17-15(3,10-16)11-18(4)13-6-8-14(19-5)9-7-13/h6-9,12,17H,11H2,1-5H3. The number of anilines is 1. The van der Waals surface area contributed by atoms with Crippen molar-refractivity contribution in [3.05, 3.63) is 24.3 Å². The van der Waals surface area contributed by atoms with Crippen molar-refractivity contribution in [2.75, 3.05) is 25.6 Å². The average Bonchev–Trinajstić information content (AvgIpc) is 2.37. The van der Waals surface area contributed by atoms with Gasteiger partial charge in [0.1, 0.15) is 11.3 Å². The maximum absolute atomic E-state index is 9.35. The van der Waals surface area contributed by atoms with Crippen molar-refractivity contribution in [1.29, 1.82) is 5.26 Å². The lowest BCUT2D eigenvalue weighted by Gasteiger charge is -2.31. The van der Waals surface area contributed by atoms with Gasteiger partial charge >= 0.3 is 0 Å². The molecule has 0 spiro atoms. The molecule has 1 N–H and O–H groups in total. The number of nitriles is 1. The number of benzene rings is 1. The van der Waals surface area contributed by atoms with Crippen LogP contribution in [-0.2, 0) is 0 Å². The second-order valence-corrected chi connectivity index (χ2v) is 5.30. The van der Waals surface area contributed by atoms with E-state index in [4.69, 9.17) is 4.74 Å². The van der Waals surface area contributed by atoms with Gasteiger partial charge < -0.3 is 9.64 Å². The highest BCUT2D eigenvalue weighted by molar-refractivity contribution is 5.49. The molecule has 0 fully saturated rings. The number of rotatable bonds is 6. The minimum atomic E-state index is -0.567. The van der Waals surface area contributed by atoms with Gasteiger partial charge in [-0.3, -0.25) is 5.32 Å². The van der Waals surface area contributed by atoms with E-state index in [1.807, 2.05) is 52.1 Å². The van der Waals surface area contributed by atoms with E-state index in [1.165, 1.54) is 0 Å². The van der Waals surface area contributed by atoms with Crippen LogP contribution < -0.4 is 15.0 Å². The molecule has 0 heterocycles. The minimum Gasteiger partial charge on any atom is -0.497 e. The van der Waals surface area contributed by atoms with E-state index in [2.05, 4.69) is 16.3 Å². The Labute approximate surface area is 116 Å². The molecule has 1 atom stereocenters. The van der Waals surface area contributed by atoms with E-state index >= 15 is 0 Å². The van der Waals surface area contributed by atoms with Gasteiger partial charge in [-0.2, -0.15) is 5.26 Å². The summed E-state index contributed by atoms with van der Waals surface area (Å²) in [7, 11) is 3.64. The molecule has 4 nitrogen and oxygen atoms in total. The predicted molar refractivity (Wildman–Crippen MR) is 78.6 cm³/mol. The maximum Gasteiger partial charge on any atom is 0.121 e. The summed E-state index contributed by atoms with van der Waals surface area (Å²) < 4.78 is 5.14. The normalized spacial score (nSPS) is 13.7. The molecule has 0 amide bonds. The van der Waals surface area contributed by atoms with E-state index in [9.17, 15) is 5.26 Å². The summed E-state index contributed by atoms with van der Waals surface area (Å²) in [5, 5.41) is 12.7. The van der Waals surface area contributed by atoms with Crippen molar-refractivity contribution in [3.8, 4) is 11.8 Å². The van der Waals surface area contributed by atoms with E-state index in [0.717, 1.165) is 11.4 Å². The van der Waals surface area contributed by atoms with Crippen LogP contribution in [-0.4, -0.2) is 32.3 Å². The van der Waals surface area contributed by atoms with Crippen LogP contribution in [0.25, 0.3) is 0 Å². The van der Waals surface area contributed by atoms with Crippen molar-refractivity contribution in [1.82, 2.24) is 5.32 Å². The first kappa shape index (κ1) is 15.3. The fourth-order valence-electron chi connectivity index (χ4n) is 2.15. The molecule has 0 bridgehead atoms. The Balaban J connectivity index is 2.76. The van der Waals surface area contributed by atoms with Crippen LogP contribution in [0.1, 0.15) is 20.8 Å². The Morgan fingerprint density at radius 1 is 1.37 bits per heavy atom. The minimum absolute atomic E-state index is 0.272. The molecule has 104 valence electrons. The van der Waals surface area contributed by atoms with Crippen molar-refractivity contribution in [2.24, 2.45) is 0 Å². The third-order valence-corrected chi connectivity index (χ3v) is 2.92. The van der Waals surface area contributed by atoms with Crippen LogP contribution in [0.4, 0.5) is 5.69 Å². The molecule has 0 saturated carbocycles. The van der Waals surface area contributed by atoms with E-state index in [-0.39, 0.29) is 6.04 Å². The number of likely N-dealkylation sites (N-methyl/N-ethyl adjacent to an activating group) is 1. The first-order valence-electron chi connectivity index (χ1n) is 6.44. The Hall–Kier alpha value is -1.73. The quantitative estimate of drug-likeness (QED) is 0.854. The number of ether oxygens (including phenoxy) is 1. The summed E-state index contributed by atoms with van der Waals surface area (Å²) in [4.78, 5) is 2.07. The monoisotopic (exact) mass is 261 g/mol. The Bertz CT molecular complexity index is 436. The molecule has 4 heteroatoms. The van der Waals surface area contributed by atoms with Crippen LogP contribution in [0.15, 0.2) is 24.3 Å². The highest BCUT2D eigenvalue weighted by Crippen LogP contribution is 2.19. The summed E-state index contributed by atoms with van der Waals surface area (Å²) in [6.45, 7) is 6.63. The lowest BCUT2D eigenvalue weighted by atomic mass is 10.0. The molecule has 0 aliphatic rings. The topological polar surface area (TPSA) is 48.3 Å². The van der Waals surface area contributed by atoms with Crippen molar-refractivity contribution < 1.29 is 4.74 Å². The predicted octanol–water partition coefficient (Wildman–Crippen LogP) is 2.41. The molecule has 1 aromatic rings. The first-order chi connectivity index (χ1) is 8.90. The number of nitrogens with one attached hydrogen (secondary N) is 1. The van der Waals surface area contributed by atoms with Crippen LogP contribution in [0.2, 0.25) is 0 Å². The molecular formula is C15H23N3O. The van der Waals surface area contributed by atoms with Gasteiger partial charge in [0.25, 0.3) is 0 Å². The summed E-state index contributed by atoms with van der Waals surface area (Å²) in [6.07, 6.45) is 0. The molecule has 0 aliphatic carbocycles. The van der Waals surface area contributed by atoms with E-state index in [0.29, 0.717) is 6.54 Å².